The molecular formula is C13H21N3O2S. The summed E-state index contributed by atoms with van der Waals surface area (Å²) >= 11 is 1.77. The van der Waals surface area contributed by atoms with Crippen LogP contribution in [-0.2, 0) is 4.74 Å². The number of thiophene rings is 1. The van der Waals surface area contributed by atoms with Gasteiger partial charge in [-0.25, -0.2) is 4.79 Å². The molecule has 2 heterocycles. The Bertz CT molecular complexity index is 397. The Morgan fingerprint density at radius 2 is 2.47 bits per heavy atom. The second kappa shape index (κ2) is 6.88. The molecule has 1 aromatic rings. The van der Waals surface area contributed by atoms with E-state index < -0.39 is 0 Å². The lowest BCUT2D eigenvalue weighted by Gasteiger charge is -2.37. The summed E-state index contributed by atoms with van der Waals surface area (Å²) in [5.41, 5.74) is 5.65. The largest absolute Gasteiger partial charge is 0.453 e. The summed E-state index contributed by atoms with van der Waals surface area (Å²) in [6, 6.07) is 4.36. The van der Waals surface area contributed by atoms with E-state index in [4.69, 9.17) is 5.73 Å². The predicted molar refractivity (Wildman–Crippen MR) is 76.5 cm³/mol. The van der Waals surface area contributed by atoms with Gasteiger partial charge >= 0.3 is 6.09 Å². The van der Waals surface area contributed by atoms with Gasteiger partial charge in [0, 0.05) is 43.0 Å². The zero-order valence-electron chi connectivity index (χ0n) is 11.2. The van der Waals surface area contributed by atoms with Crippen LogP contribution in [0.3, 0.4) is 0 Å². The van der Waals surface area contributed by atoms with Crippen LogP contribution in [0.1, 0.15) is 17.2 Å². The Morgan fingerprint density at radius 3 is 3.11 bits per heavy atom. The molecule has 0 aliphatic carbocycles. The van der Waals surface area contributed by atoms with Crippen LogP contribution in [0.2, 0.25) is 0 Å². The van der Waals surface area contributed by atoms with E-state index in [-0.39, 0.29) is 12.1 Å². The molecule has 106 valence electrons. The molecule has 0 spiro atoms. The van der Waals surface area contributed by atoms with E-state index in [0.717, 1.165) is 26.1 Å². The van der Waals surface area contributed by atoms with Gasteiger partial charge in [0.05, 0.1) is 7.11 Å². The summed E-state index contributed by atoms with van der Waals surface area (Å²) in [5, 5.41) is 5.01. The van der Waals surface area contributed by atoms with Gasteiger partial charge in [0.1, 0.15) is 0 Å². The average molecular weight is 283 g/mol. The number of ether oxygens (including phenoxy) is 1. The van der Waals surface area contributed by atoms with E-state index in [1.165, 1.54) is 12.0 Å². The van der Waals surface area contributed by atoms with E-state index in [1.807, 2.05) is 0 Å². The van der Waals surface area contributed by atoms with Gasteiger partial charge < -0.3 is 15.8 Å². The zero-order chi connectivity index (χ0) is 13.7. The summed E-state index contributed by atoms with van der Waals surface area (Å²) in [5.74, 6) is 0.461. The smallest absolute Gasteiger partial charge is 0.407 e. The average Bonchev–Trinajstić information content (AvgIpc) is 2.92. The Balaban J connectivity index is 2.02. The van der Waals surface area contributed by atoms with Crippen molar-refractivity contribution in [3.63, 3.8) is 0 Å². The quantitative estimate of drug-likeness (QED) is 0.872. The van der Waals surface area contributed by atoms with Crippen LogP contribution < -0.4 is 11.1 Å². The van der Waals surface area contributed by atoms with Gasteiger partial charge in [0.25, 0.3) is 0 Å². The first-order valence-electron chi connectivity index (χ1n) is 6.53. The van der Waals surface area contributed by atoms with E-state index >= 15 is 0 Å². The van der Waals surface area contributed by atoms with Crippen LogP contribution in [0, 0.1) is 0 Å². The fourth-order valence-electron chi connectivity index (χ4n) is 2.62. The number of methoxy groups -OCH3 is 1. The van der Waals surface area contributed by atoms with Crippen LogP contribution in [0.15, 0.2) is 17.5 Å². The Labute approximate surface area is 117 Å². The summed E-state index contributed by atoms with van der Waals surface area (Å²) in [6.07, 6.45) is 0.598. The van der Waals surface area contributed by atoms with E-state index in [2.05, 4.69) is 32.5 Å². The van der Waals surface area contributed by atoms with E-state index in [0.29, 0.717) is 12.5 Å². The Hall–Kier alpha value is -1.11. The molecule has 1 saturated heterocycles. The highest BCUT2D eigenvalue weighted by Crippen LogP contribution is 2.30. The van der Waals surface area contributed by atoms with Crippen molar-refractivity contribution in [1.29, 1.82) is 0 Å². The SMILES string of the molecule is COC(=O)NC1CC(c2cccs2)CN(CCN)C1. The van der Waals surface area contributed by atoms with Crippen LogP contribution >= 0.6 is 11.3 Å². The summed E-state index contributed by atoms with van der Waals surface area (Å²) in [6.45, 7) is 3.36. The van der Waals surface area contributed by atoms with Gasteiger partial charge in [0.2, 0.25) is 0 Å². The maximum Gasteiger partial charge on any atom is 0.407 e. The van der Waals surface area contributed by atoms with Gasteiger partial charge in [0.15, 0.2) is 0 Å². The molecule has 0 aromatic carbocycles. The molecular weight excluding hydrogens is 262 g/mol. The lowest BCUT2D eigenvalue weighted by Crippen LogP contribution is -2.51. The molecule has 6 heteroatoms. The van der Waals surface area contributed by atoms with Crippen molar-refractivity contribution in [2.24, 2.45) is 5.73 Å². The highest BCUT2D eigenvalue weighted by Gasteiger charge is 2.29. The molecule has 19 heavy (non-hydrogen) atoms. The molecule has 2 rings (SSSR count). The Morgan fingerprint density at radius 1 is 1.63 bits per heavy atom. The number of nitrogens with two attached hydrogens (primary N) is 1. The maximum atomic E-state index is 11.4. The van der Waals surface area contributed by atoms with Crippen molar-refractivity contribution < 1.29 is 9.53 Å². The lowest BCUT2D eigenvalue weighted by molar-refractivity contribution is 0.143. The first kappa shape index (κ1) is 14.3. The molecule has 1 aromatic heterocycles. The van der Waals surface area contributed by atoms with E-state index in [9.17, 15) is 4.79 Å². The number of amides is 1. The monoisotopic (exact) mass is 283 g/mol. The van der Waals surface area contributed by atoms with Crippen LogP contribution in [0.25, 0.3) is 0 Å². The third-order valence-electron chi connectivity index (χ3n) is 3.42. The molecule has 0 radical (unpaired) electrons. The molecule has 1 amide bonds. The number of hydrogen-bond donors (Lipinski definition) is 2. The topological polar surface area (TPSA) is 67.6 Å². The van der Waals surface area contributed by atoms with Crippen molar-refractivity contribution in [2.45, 2.75) is 18.4 Å². The maximum absolute atomic E-state index is 11.4. The summed E-state index contributed by atoms with van der Waals surface area (Å²) < 4.78 is 4.68. The van der Waals surface area contributed by atoms with Gasteiger partial charge in [-0.05, 0) is 17.9 Å². The first-order valence-corrected chi connectivity index (χ1v) is 7.41. The van der Waals surface area contributed by atoms with E-state index in [1.54, 1.807) is 11.3 Å². The van der Waals surface area contributed by atoms with Gasteiger partial charge in [-0.2, -0.15) is 0 Å². The Kier molecular flexibility index (Phi) is 5.18. The van der Waals surface area contributed by atoms with Crippen molar-refractivity contribution >= 4 is 17.4 Å². The number of likely N-dealkylation sites (tertiary alicyclic amines) is 1. The molecule has 1 aliphatic rings. The molecule has 1 aliphatic heterocycles. The van der Waals surface area contributed by atoms with Crippen molar-refractivity contribution in [2.75, 3.05) is 33.3 Å². The van der Waals surface area contributed by atoms with Crippen LogP contribution in [0.5, 0.6) is 0 Å². The molecule has 1 fully saturated rings. The van der Waals surface area contributed by atoms with Crippen molar-refractivity contribution in [3.05, 3.63) is 22.4 Å². The molecule has 2 atom stereocenters. The minimum absolute atomic E-state index is 0.125. The number of hydrogen-bond acceptors (Lipinski definition) is 5. The number of carbonyl (C=O) groups excluding carboxylic acids is 1. The third-order valence-corrected chi connectivity index (χ3v) is 4.46. The fraction of sp³-hybridized carbons (Fsp3) is 0.615. The third kappa shape index (κ3) is 3.92. The molecule has 5 nitrogen and oxygen atoms in total. The molecule has 0 bridgehead atoms. The summed E-state index contributed by atoms with van der Waals surface area (Å²) in [7, 11) is 1.40. The van der Waals surface area contributed by atoms with Crippen molar-refractivity contribution in [1.82, 2.24) is 10.2 Å². The second-order valence-corrected chi connectivity index (χ2v) is 5.81. The minimum atomic E-state index is -0.357. The van der Waals surface area contributed by atoms with Crippen LogP contribution in [0.4, 0.5) is 4.79 Å². The normalized spacial score (nSPS) is 24.1. The number of alkyl carbamates (subject to hydrolysis) is 1. The van der Waals surface area contributed by atoms with Gasteiger partial charge in [-0.1, -0.05) is 6.07 Å². The van der Waals surface area contributed by atoms with Crippen molar-refractivity contribution in [3.8, 4) is 0 Å². The van der Waals surface area contributed by atoms with Gasteiger partial charge in [-0.15, -0.1) is 11.3 Å². The van der Waals surface area contributed by atoms with Gasteiger partial charge in [-0.3, -0.25) is 4.90 Å². The number of nitrogens with zero attached hydrogens (tertiary/aromatic N) is 1. The molecule has 3 N–H and O–H groups in total. The number of piperidine rings is 1. The minimum Gasteiger partial charge on any atom is -0.453 e. The lowest BCUT2D eigenvalue weighted by atomic mass is 9.93. The number of nitrogens with one attached hydrogen (secondary N) is 1. The number of rotatable bonds is 4. The second-order valence-electron chi connectivity index (χ2n) is 4.83. The first-order chi connectivity index (χ1) is 9.22. The zero-order valence-corrected chi connectivity index (χ0v) is 12.0. The molecule has 2 unspecified atom stereocenters. The fourth-order valence-corrected chi connectivity index (χ4v) is 3.45. The highest BCUT2D eigenvalue weighted by molar-refractivity contribution is 7.10. The highest BCUT2D eigenvalue weighted by atomic mass is 32.1. The summed E-state index contributed by atoms with van der Waals surface area (Å²) in [4.78, 5) is 15.1. The molecule has 0 saturated carbocycles. The predicted octanol–water partition coefficient (Wildman–Crippen LogP) is 1.22. The standard InChI is InChI=1S/C13H21N3O2S/c1-18-13(17)15-11-7-10(12-3-2-6-19-12)8-16(9-11)5-4-14/h2-3,6,10-11H,4-5,7-9,14H2,1H3,(H,15,17). The van der Waals surface area contributed by atoms with Crippen LogP contribution in [-0.4, -0.2) is 50.3 Å². The number of carbonyl (C=O) groups is 1.